The van der Waals surface area contributed by atoms with Crippen molar-refractivity contribution in [3.8, 4) is 11.5 Å². The third-order valence-corrected chi connectivity index (χ3v) is 5.98. The lowest BCUT2D eigenvalue weighted by Crippen LogP contribution is -2.27. The van der Waals surface area contributed by atoms with E-state index in [0.29, 0.717) is 40.3 Å². The van der Waals surface area contributed by atoms with E-state index in [1.54, 1.807) is 18.2 Å². The molecule has 1 saturated heterocycles. The van der Waals surface area contributed by atoms with Gasteiger partial charge in [0.2, 0.25) is 0 Å². The Morgan fingerprint density at radius 2 is 1.90 bits per heavy atom. The van der Waals surface area contributed by atoms with Crippen LogP contribution < -0.4 is 9.47 Å². The molecule has 158 valence electrons. The number of carbonyl (C=O) groups is 2. The van der Waals surface area contributed by atoms with Crippen LogP contribution in [0.1, 0.15) is 25.0 Å². The maximum atomic E-state index is 13.2. The molecule has 1 heterocycles. The average molecular weight is 515 g/mol. The van der Waals surface area contributed by atoms with Gasteiger partial charge < -0.3 is 9.47 Å². The van der Waals surface area contributed by atoms with E-state index in [4.69, 9.17) is 21.1 Å². The zero-order valence-corrected chi connectivity index (χ0v) is 19.4. The Morgan fingerprint density at radius 3 is 2.57 bits per heavy atom. The third kappa shape index (κ3) is 4.99. The molecule has 0 bridgehead atoms. The van der Waals surface area contributed by atoms with E-state index in [-0.39, 0.29) is 16.5 Å². The largest absolute Gasteiger partial charge is 0.490 e. The van der Waals surface area contributed by atoms with Crippen molar-refractivity contribution >= 4 is 56.5 Å². The molecule has 0 spiro atoms. The summed E-state index contributed by atoms with van der Waals surface area (Å²) in [6.07, 6.45) is 1.63. The van der Waals surface area contributed by atoms with Crippen molar-refractivity contribution in [1.29, 1.82) is 0 Å². The fraction of sp³-hybridized carbons (Fsp3) is 0.238. The van der Waals surface area contributed by atoms with Crippen molar-refractivity contribution in [2.75, 3.05) is 13.2 Å². The standard InChI is InChI=1S/C21H18BrClFNO4S/c1-3-28-17-8-12(7-15(22)19(17)29-4-2)9-18-20(26)25(21(27)30-18)11-13-5-6-14(24)10-16(13)23/h5-10H,3-4,11H2,1-2H3/b18-9+. The Bertz CT molecular complexity index is 1030. The number of imide groups is 1. The van der Waals surface area contributed by atoms with Crippen LogP contribution in [0.25, 0.3) is 6.08 Å². The highest BCUT2D eigenvalue weighted by molar-refractivity contribution is 9.10. The molecule has 1 aliphatic heterocycles. The molecule has 0 saturated carbocycles. The number of halogens is 3. The Morgan fingerprint density at radius 1 is 1.17 bits per heavy atom. The first-order valence-corrected chi connectivity index (χ1v) is 11.1. The maximum Gasteiger partial charge on any atom is 0.293 e. The predicted molar refractivity (Wildman–Crippen MR) is 119 cm³/mol. The van der Waals surface area contributed by atoms with Crippen LogP contribution in [-0.4, -0.2) is 29.3 Å². The molecule has 1 fully saturated rings. The van der Waals surface area contributed by atoms with Crippen molar-refractivity contribution in [1.82, 2.24) is 4.90 Å². The van der Waals surface area contributed by atoms with E-state index in [1.165, 1.54) is 12.1 Å². The van der Waals surface area contributed by atoms with Crippen LogP contribution in [0.3, 0.4) is 0 Å². The first kappa shape index (κ1) is 22.7. The Hall–Kier alpha value is -2.03. The minimum absolute atomic E-state index is 0.0295. The fourth-order valence-corrected chi connectivity index (χ4v) is 4.47. The number of ether oxygens (including phenoxy) is 2. The van der Waals surface area contributed by atoms with Gasteiger partial charge in [-0.1, -0.05) is 17.7 Å². The molecule has 0 atom stereocenters. The van der Waals surface area contributed by atoms with Gasteiger partial charge in [0.25, 0.3) is 11.1 Å². The van der Waals surface area contributed by atoms with Crippen LogP contribution in [0.15, 0.2) is 39.7 Å². The molecule has 3 rings (SSSR count). The Labute approximate surface area is 191 Å². The minimum atomic E-state index is -0.482. The molecule has 2 aromatic rings. The number of hydrogen-bond acceptors (Lipinski definition) is 5. The summed E-state index contributed by atoms with van der Waals surface area (Å²) in [6, 6.07) is 7.40. The Kier molecular flexibility index (Phi) is 7.44. The maximum absolute atomic E-state index is 13.2. The average Bonchev–Trinajstić information content (AvgIpc) is 2.94. The molecule has 0 N–H and O–H groups in total. The van der Waals surface area contributed by atoms with Gasteiger partial charge in [-0.05, 0) is 83.0 Å². The number of carbonyl (C=O) groups excluding carboxylic acids is 2. The summed E-state index contributed by atoms with van der Waals surface area (Å²) in [5, 5.41) is -0.253. The zero-order valence-electron chi connectivity index (χ0n) is 16.2. The van der Waals surface area contributed by atoms with Gasteiger partial charge in [0.05, 0.1) is 29.1 Å². The minimum Gasteiger partial charge on any atom is -0.490 e. The molecule has 5 nitrogen and oxygen atoms in total. The topological polar surface area (TPSA) is 55.8 Å². The van der Waals surface area contributed by atoms with Crippen molar-refractivity contribution in [2.24, 2.45) is 0 Å². The number of thioether (sulfide) groups is 1. The van der Waals surface area contributed by atoms with Crippen LogP contribution in [0.4, 0.5) is 9.18 Å². The summed E-state index contributed by atoms with van der Waals surface area (Å²) in [5.41, 5.74) is 1.17. The fourth-order valence-electron chi connectivity index (χ4n) is 2.83. The van der Waals surface area contributed by atoms with E-state index in [1.807, 2.05) is 13.8 Å². The summed E-state index contributed by atoms with van der Waals surface area (Å²) in [4.78, 5) is 26.6. The van der Waals surface area contributed by atoms with E-state index in [9.17, 15) is 14.0 Å². The number of rotatable bonds is 7. The van der Waals surface area contributed by atoms with Crippen molar-refractivity contribution in [3.05, 3.63) is 61.7 Å². The predicted octanol–water partition coefficient (Wildman–Crippen LogP) is 6.28. The molecule has 1 aliphatic rings. The Balaban J connectivity index is 1.88. The molecule has 30 heavy (non-hydrogen) atoms. The van der Waals surface area contributed by atoms with Crippen molar-refractivity contribution < 1.29 is 23.5 Å². The lowest BCUT2D eigenvalue weighted by molar-refractivity contribution is -0.123. The van der Waals surface area contributed by atoms with Crippen LogP contribution in [0, 0.1) is 5.82 Å². The molecule has 0 aliphatic carbocycles. The summed E-state index contributed by atoms with van der Waals surface area (Å²) in [7, 11) is 0. The highest BCUT2D eigenvalue weighted by Crippen LogP contribution is 2.39. The summed E-state index contributed by atoms with van der Waals surface area (Å²) >= 11 is 10.3. The second kappa shape index (κ2) is 9.85. The summed E-state index contributed by atoms with van der Waals surface area (Å²) < 4.78 is 25.2. The first-order chi connectivity index (χ1) is 14.3. The zero-order chi connectivity index (χ0) is 21.8. The first-order valence-electron chi connectivity index (χ1n) is 9.12. The third-order valence-electron chi connectivity index (χ3n) is 4.14. The van der Waals surface area contributed by atoms with Gasteiger partial charge >= 0.3 is 0 Å². The van der Waals surface area contributed by atoms with Crippen LogP contribution in [0.5, 0.6) is 11.5 Å². The quantitative estimate of drug-likeness (QED) is 0.407. The highest BCUT2D eigenvalue weighted by atomic mass is 79.9. The number of hydrogen-bond donors (Lipinski definition) is 0. The van der Waals surface area contributed by atoms with Crippen molar-refractivity contribution in [3.63, 3.8) is 0 Å². The summed E-state index contributed by atoms with van der Waals surface area (Å²) in [5.74, 6) is 0.199. The lowest BCUT2D eigenvalue weighted by Gasteiger charge is -2.14. The number of amides is 2. The molecule has 2 amide bonds. The monoisotopic (exact) mass is 513 g/mol. The summed E-state index contributed by atoms with van der Waals surface area (Å²) in [6.45, 7) is 4.63. The SMILES string of the molecule is CCOc1cc(/C=C2/SC(=O)N(Cc3ccc(F)cc3Cl)C2=O)cc(Br)c1OCC. The van der Waals surface area contributed by atoms with E-state index < -0.39 is 17.0 Å². The molecular weight excluding hydrogens is 497 g/mol. The van der Waals surface area contributed by atoms with Crippen molar-refractivity contribution in [2.45, 2.75) is 20.4 Å². The van der Waals surface area contributed by atoms with Crippen LogP contribution >= 0.6 is 39.3 Å². The van der Waals surface area contributed by atoms with Gasteiger partial charge in [0.1, 0.15) is 5.82 Å². The second-order valence-electron chi connectivity index (χ2n) is 6.20. The van der Waals surface area contributed by atoms with Gasteiger partial charge in [-0.3, -0.25) is 14.5 Å². The van der Waals surface area contributed by atoms with Crippen LogP contribution in [-0.2, 0) is 11.3 Å². The van der Waals surface area contributed by atoms with Crippen LogP contribution in [0.2, 0.25) is 5.02 Å². The van der Waals surface area contributed by atoms with E-state index in [0.717, 1.165) is 22.7 Å². The molecule has 2 aromatic carbocycles. The van der Waals surface area contributed by atoms with Gasteiger partial charge in [0.15, 0.2) is 11.5 Å². The molecule has 0 aromatic heterocycles. The van der Waals surface area contributed by atoms with E-state index >= 15 is 0 Å². The molecule has 0 radical (unpaired) electrons. The molecule has 9 heteroatoms. The highest BCUT2D eigenvalue weighted by Gasteiger charge is 2.35. The lowest BCUT2D eigenvalue weighted by atomic mass is 10.1. The normalized spacial score (nSPS) is 15.2. The second-order valence-corrected chi connectivity index (χ2v) is 8.45. The van der Waals surface area contributed by atoms with Gasteiger partial charge in [-0.2, -0.15) is 0 Å². The molecule has 0 unspecified atom stereocenters. The molecular formula is C21H18BrClFNO4S. The van der Waals surface area contributed by atoms with E-state index in [2.05, 4.69) is 15.9 Å². The number of benzene rings is 2. The van der Waals surface area contributed by atoms with Gasteiger partial charge in [0, 0.05) is 5.02 Å². The smallest absolute Gasteiger partial charge is 0.293 e. The van der Waals surface area contributed by atoms with Gasteiger partial charge in [-0.15, -0.1) is 0 Å². The van der Waals surface area contributed by atoms with Gasteiger partial charge in [-0.25, -0.2) is 4.39 Å². The number of nitrogens with zero attached hydrogens (tertiary/aromatic N) is 1.